The molecule has 0 radical (unpaired) electrons. The van der Waals surface area contributed by atoms with Gasteiger partial charge in [0, 0.05) is 6.61 Å². The molecule has 1 amide bonds. The maximum Gasteiger partial charge on any atom is 0.286 e. The van der Waals surface area contributed by atoms with Gasteiger partial charge in [-0.05, 0) is 19.3 Å². The van der Waals surface area contributed by atoms with Gasteiger partial charge >= 0.3 is 0 Å². The van der Waals surface area contributed by atoms with Gasteiger partial charge in [0.25, 0.3) is 5.91 Å². The van der Waals surface area contributed by atoms with Crippen molar-refractivity contribution in [1.82, 2.24) is 9.71 Å². The number of nitrogens with one attached hydrogen (secondary N) is 1. The van der Waals surface area contributed by atoms with E-state index in [0.29, 0.717) is 13.0 Å². The van der Waals surface area contributed by atoms with Crippen molar-refractivity contribution in [2.75, 3.05) is 12.4 Å². The van der Waals surface area contributed by atoms with Gasteiger partial charge in [-0.3, -0.25) is 4.79 Å². The fraction of sp³-hybridized carbons (Fsp3) is 0.600. The lowest BCUT2D eigenvalue weighted by Gasteiger charge is -2.22. The first-order valence-electron chi connectivity index (χ1n) is 5.61. The Balaban J connectivity index is 1.92. The van der Waals surface area contributed by atoms with Gasteiger partial charge in [0.15, 0.2) is 12.1 Å². The summed E-state index contributed by atoms with van der Waals surface area (Å²) in [5.41, 5.74) is -0.0665. The van der Waals surface area contributed by atoms with E-state index < -0.39 is 15.9 Å². The van der Waals surface area contributed by atoms with Gasteiger partial charge in [-0.2, -0.15) is 0 Å². The van der Waals surface area contributed by atoms with E-state index in [0.717, 1.165) is 25.5 Å². The van der Waals surface area contributed by atoms with Crippen LogP contribution in [0, 0.1) is 0 Å². The molecule has 1 atom stereocenters. The molecule has 2 rings (SSSR count). The Morgan fingerprint density at radius 1 is 1.50 bits per heavy atom. The summed E-state index contributed by atoms with van der Waals surface area (Å²) in [6, 6.07) is 0. The smallest absolute Gasteiger partial charge is 0.286 e. The van der Waals surface area contributed by atoms with Crippen LogP contribution in [0.15, 0.2) is 17.1 Å². The third-order valence-corrected chi connectivity index (χ3v) is 3.90. The van der Waals surface area contributed by atoms with Gasteiger partial charge in [-0.25, -0.2) is 18.1 Å². The predicted octanol–water partition coefficient (Wildman–Crippen LogP) is 0.303. The van der Waals surface area contributed by atoms with Gasteiger partial charge in [0.1, 0.15) is 6.26 Å². The fourth-order valence-corrected chi connectivity index (χ4v) is 2.97. The zero-order chi connectivity index (χ0) is 13.0. The molecule has 100 valence electrons. The number of nitrogens with zero attached hydrogens (tertiary/aromatic N) is 1. The molecule has 7 nitrogen and oxygen atoms in total. The van der Waals surface area contributed by atoms with E-state index in [4.69, 9.17) is 4.74 Å². The lowest BCUT2D eigenvalue weighted by molar-refractivity contribution is 0.0304. The average Bonchev–Trinajstić information content (AvgIpc) is 2.82. The third kappa shape index (κ3) is 3.54. The number of hydrogen-bond donors (Lipinski definition) is 1. The zero-order valence-electron chi connectivity index (χ0n) is 9.66. The molecule has 0 spiro atoms. The van der Waals surface area contributed by atoms with E-state index >= 15 is 0 Å². The van der Waals surface area contributed by atoms with Crippen molar-refractivity contribution in [3.05, 3.63) is 18.4 Å². The highest BCUT2D eigenvalue weighted by Gasteiger charge is 2.24. The van der Waals surface area contributed by atoms with Crippen molar-refractivity contribution in [3.8, 4) is 0 Å². The van der Waals surface area contributed by atoms with Crippen LogP contribution in [0.2, 0.25) is 0 Å². The lowest BCUT2D eigenvalue weighted by atomic mass is 10.1. The summed E-state index contributed by atoms with van der Waals surface area (Å²) < 4.78 is 35.3. The van der Waals surface area contributed by atoms with E-state index in [2.05, 4.69) is 9.40 Å². The van der Waals surface area contributed by atoms with Crippen LogP contribution in [0.4, 0.5) is 0 Å². The van der Waals surface area contributed by atoms with Gasteiger partial charge in [-0.15, -0.1) is 0 Å². The molecule has 1 N–H and O–H groups in total. The number of ether oxygens (including phenoxy) is 1. The van der Waals surface area contributed by atoms with Crippen molar-refractivity contribution in [1.29, 1.82) is 0 Å². The summed E-state index contributed by atoms with van der Waals surface area (Å²) in [6.07, 6.45) is 4.38. The number of sulfonamides is 1. The van der Waals surface area contributed by atoms with Gasteiger partial charge < -0.3 is 9.15 Å². The summed E-state index contributed by atoms with van der Waals surface area (Å²) in [4.78, 5) is 15.1. The molecule has 0 aliphatic carbocycles. The second-order valence-electron chi connectivity index (χ2n) is 4.07. The average molecular weight is 274 g/mol. The zero-order valence-corrected chi connectivity index (χ0v) is 10.5. The first kappa shape index (κ1) is 13.0. The minimum absolute atomic E-state index is 0.0665. The predicted molar refractivity (Wildman–Crippen MR) is 61.3 cm³/mol. The molecule has 0 aromatic carbocycles. The maximum atomic E-state index is 11.7. The number of amides is 1. The Morgan fingerprint density at radius 2 is 2.33 bits per heavy atom. The molecule has 2 heterocycles. The number of carbonyl (C=O) groups excluding carboxylic acids is 1. The number of rotatable bonds is 4. The van der Waals surface area contributed by atoms with Crippen molar-refractivity contribution in [3.63, 3.8) is 0 Å². The first-order chi connectivity index (χ1) is 8.57. The van der Waals surface area contributed by atoms with Crippen molar-refractivity contribution in [2.45, 2.75) is 25.4 Å². The minimum atomic E-state index is -3.71. The number of oxazole rings is 1. The molecule has 18 heavy (non-hydrogen) atoms. The number of aromatic nitrogens is 1. The quantitative estimate of drug-likeness (QED) is 0.848. The monoisotopic (exact) mass is 274 g/mol. The maximum absolute atomic E-state index is 11.7. The van der Waals surface area contributed by atoms with E-state index in [-0.39, 0.29) is 17.6 Å². The van der Waals surface area contributed by atoms with Gasteiger partial charge in [0.2, 0.25) is 10.0 Å². The Kier molecular flexibility index (Phi) is 3.97. The highest BCUT2D eigenvalue weighted by Crippen LogP contribution is 2.14. The van der Waals surface area contributed by atoms with Crippen LogP contribution >= 0.6 is 0 Å². The molecule has 1 aromatic rings. The Bertz CT molecular complexity index is 490. The largest absolute Gasteiger partial charge is 0.451 e. The van der Waals surface area contributed by atoms with Crippen molar-refractivity contribution < 1.29 is 22.4 Å². The molecule has 1 unspecified atom stereocenters. The second-order valence-corrected chi connectivity index (χ2v) is 5.84. The first-order valence-corrected chi connectivity index (χ1v) is 7.27. The third-order valence-electron chi connectivity index (χ3n) is 2.59. The minimum Gasteiger partial charge on any atom is -0.451 e. The Hall–Kier alpha value is -1.41. The number of hydrogen-bond acceptors (Lipinski definition) is 6. The van der Waals surface area contributed by atoms with E-state index in [1.807, 2.05) is 4.72 Å². The van der Waals surface area contributed by atoms with Gasteiger partial charge in [0.05, 0.1) is 11.9 Å². The highest BCUT2D eigenvalue weighted by atomic mass is 32.2. The molecule has 1 aliphatic rings. The summed E-state index contributed by atoms with van der Waals surface area (Å²) in [5, 5.41) is 0. The molecule has 0 saturated carbocycles. The summed E-state index contributed by atoms with van der Waals surface area (Å²) in [6.45, 7) is 0.567. The van der Waals surface area contributed by atoms with E-state index in [9.17, 15) is 13.2 Å². The molecule has 8 heteroatoms. The molecule has 1 fully saturated rings. The molecule has 1 aromatic heterocycles. The van der Waals surface area contributed by atoms with Crippen LogP contribution in [0.25, 0.3) is 0 Å². The van der Waals surface area contributed by atoms with Crippen LogP contribution < -0.4 is 4.72 Å². The number of carbonyl (C=O) groups is 1. The highest BCUT2D eigenvalue weighted by molar-refractivity contribution is 7.90. The van der Waals surface area contributed by atoms with Crippen molar-refractivity contribution in [2.24, 2.45) is 0 Å². The van der Waals surface area contributed by atoms with Crippen LogP contribution in [0.3, 0.4) is 0 Å². The molecular weight excluding hydrogens is 260 g/mol. The van der Waals surface area contributed by atoms with Crippen LogP contribution in [-0.2, 0) is 14.8 Å². The normalized spacial score (nSPS) is 20.6. The lowest BCUT2D eigenvalue weighted by Crippen LogP contribution is -2.38. The fourth-order valence-electron chi connectivity index (χ4n) is 1.74. The Labute approximate surface area is 105 Å². The summed E-state index contributed by atoms with van der Waals surface area (Å²) >= 11 is 0. The summed E-state index contributed by atoms with van der Waals surface area (Å²) in [7, 11) is -3.71. The molecule has 1 aliphatic heterocycles. The van der Waals surface area contributed by atoms with Gasteiger partial charge in [-0.1, -0.05) is 0 Å². The Morgan fingerprint density at radius 3 is 2.94 bits per heavy atom. The standard InChI is InChI=1S/C10H14N2O5S/c13-10(9-5-16-7-11-9)12-18(14,15)6-8-3-1-2-4-17-8/h5,7-8H,1-4,6H2,(H,12,13). The van der Waals surface area contributed by atoms with Crippen LogP contribution in [-0.4, -0.2) is 37.8 Å². The van der Waals surface area contributed by atoms with Crippen LogP contribution in [0.5, 0.6) is 0 Å². The topological polar surface area (TPSA) is 98.5 Å². The SMILES string of the molecule is O=C(NS(=O)(=O)CC1CCCCO1)c1cocn1. The van der Waals surface area contributed by atoms with E-state index in [1.54, 1.807) is 0 Å². The summed E-state index contributed by atoms with van der Waals surface area (Å²) in [5.74, 6) is -1.00. The van der Waals surface area contributed by atoms with Crippen molar-refractivity contribution >= 4 is 15.9 Å². The molecular formula is C10H14N2O5S. The molecule has 0 bridgehead atoms. The van der Waals surface area contributed by atoms with E-state index in [1.165, 1.54) is 0 Å². The van der Waals surface area contributed by atoms with Crippen LogP contribution in [0.1, 0.15) is 29.8 Å². The molecule has 1 saturated heterocycles. The second kappa shape index (κ2) is 5.49.